The fourth-order valence-electron chi connectivity index (χ4n) is 2.94. The summed E-state index contributed by atoms with van der Waals surface area (Å²) in [6.07, 6.45) is 0. The second-order valence-corrected chi connectivity index (χ2v) is 5.24. The number of benzene rings is 1. The lowest BCUT2D eigenvalue weighted by molar-refractivity contribution is 0.533. The Balaban J connectivity index is 1.91. The maximum Gasteiger partial charge on any atom is 0.103 e. The van der Waals surface area contributed by atoms with E-state index in [2.05, 4.69) is 16.3 Å². The quantitative estimate of drug-likeness (QED) is 0.824. The van der Waals surface area contributed by atoms with Gasteiger partial charge in [-0.15, -0.1) is 0 Å². The summed E-state index contributed by atoms with van der Waals surface area (Å²) < 4.78 is 0. The van der Waals surface area contributed by atoms with Crippen molar-refractivity contribution in [2.24, 2.45) is 11.8 Å². The van der Waals surface area contributed by atoms with Gasteiger partial charge in [0.05, 0.1) is 16.3 Å². The largest absolute Gasteiger partial charge is 0.370 e. The molecule has 1 aromatic rings. The Bertz CT molecular complexity index is 468. The minimum absolute atomic E-state index is 0.556. The van der Waals surface area contributed by atoms with Crippen LogP contribution in [-0.4, -0.2) is 26.2 Å². The molecule has 0 aromatic heterocycles. The molecule has 3 nitrogen and oxygen atoms in total. The van der Waals surface area contributed by atoms with Gasteiger partial charge in [-0.2, -0.15) is 5.26 Å². The summed E-state index contributed by atoms with van der Waals surface area (Å²) in [5, 5.41) is 13.2. The van der Waals surface area contributed by atoms with Gasteiger partial charge in [-0.05, 0) is 24.0 Å². The van der Waals surface area contributed by atoms with Gasteiger partial charge in [-0.25, -0.2) is 0 Å². The van der Waals surface area contributed by atoms with Crippen LogP contribution in [0.25, 0.3) is 0 Å². The zero-order valence-electron chi connectivity index (χ0n) is 9.49. The fraction of sp³-hybridized carbons (Fsp3) is 0.462. The number of fused-ring (bicyclic) bond motifs is 1. The zero-order chi connectivity index (χ0) is 11.8. The molecule has 2 aliphatic rings. The molecule has 0 saturated carbocycles. The molecule has 88 valence electrons. The van der Waals surface area contributed by atoms with Crippen LogP contribution in [0.5, 0.6) is 0 Å². The van der Waals surface area contributed by atoms with Crippen molar-refractivity contribution in [3.05, 3.63) is 28.8 Å². The molecule has 1 N–H and O–H groups in total. The Morgan fingerprint density at radius 3 is 2.65 bits per heavy atom. The Hall–Kier alpha value is -1.24. The highest BCUT2D eigenvalue weighted by molar-refractivity contribution is 6.32. The number of nitriles is 1. The van der Waals surface area contributed by atoms with Crippen LogP contribution in [0.15, 0.2) is 18.2 Å². The van der Waals surface area contributed by atoms with Crippen LogP contribution in [0.2, 0.25) is 5.02 Å². The van der Waals surface area contributed by atoms with Crippen molar-refractivity contribution >= 4 is 17.3 Å². The van der Waals surface area contributed by atoms with Crippen LogP contribution in [0, 0.1) is 23.2 Å². The molecular weight excluding hydrogens is 234 g/mol. The summed E-state index contributed by atoms with van der Waals surface area (Å²) in [7, 11) is 0. The lowest BCUT2D eigenvalue weighted by atomic mass is 10.0. The van der Waals surface area contributed by atoms with Crippen LogP contribution in [0.4, 0.5) is 5.69 Å². The van der Waals surface area contributed by atoms with Crippen LogP contribution in [0.3, 0.4) is 0 Å². The Kier molecular flexibility index (Phi) is 2.70. The van der Waals surface area contributed by atoms with E-state index in [1.165, 1.54) is 0 Å². The van der Waals surface area contributed by atoms with E-state index in [0.29, 0.717) is 10.6 Å². The molecule has 2 aliphatic heterocycles. The smallest absolute Gasteiger partial charge is 0.103 e. The third-order valence-electron chi connectivity index (χ3n) is 3.83. The first-order valence-electron chi connectivity index (χ1n) is 5.94. The van der Waals surface area contributed by atoms with Crippen LogP contribution >= 0.6 is 11.6 Å². The van der Waals surface area contributed by atoms with Crippen LogP contribution in [0.1, 0.15) is 5.56 Å². The first-order chi connectivity index (χ1) is 8.29. The first-order valence-corrected chi connectivity index (χ1v) is 6.31. The van der Waals surface area contributed by atoms with Gasteiger partial charge in [0.1, 0.15) is 6.07 Å². The number of hydrogen-bond donors (Lipinski definition) is 1. The average Bonchev–Trinajstić information content (AvgIpc) is 2.88. The summed E-state index contributed by atoms with van der Waals surface area (Å²) in [5.41, 5.74) is 1.61. The summed E-state index contributed by atoms with van der Waals surface area (Å²) in [6, 6.07) is 7.92. The summed E-state index contributed by atoms with van der Waals surface area (Å²) >= 11 is 6.07. The number of nitrogens with one attached hydrogen (secondary N) is 1. The molecule has 0 aliphatic carbocycles. The number of nitrogens with zero attached hydrogens (tertiary/aromatic N) is 2. The second-order valence-electron chi connectivity index (χ2n) is 4.83. The van der Waals surface area contributed by atoms with E-state index < -0.39 is 0 Å². The molecule has 0 unspecified atom stereocenters. The number of hydrogen-bond acceptors (Lipinski definition) is 3. The molecule has 2 fully saturated rings. The Morgan fingerprint density at radius 2 is 2.00 bits per heavy atom. The van der Waals surface area contributed by atoms with Gasteiger partial charge in [0, 0.05) is 26.2 Å². The highest BCUT2D eigenvalue weighted by Crippen LogP contribution is 2.34. The highest BCUT2D eigenvalue weighted by Gasteiger charge is 2.36. The van der Waals surface area contributed by atoms with E-state index in [1.54, 1.807) is 6.07 Å². The van der Waals surface area contributed by atoms with Gasteiger partial charge >= 0.3 is 0 Å². The molecular formula is C13H14ClN3. The van der Waals surface area contributed by atoms with Crippen LogP contribution < -0.4 is 10.2 Å². The van der Waals surface area contributed by atoms with Crippen molar-refractivity contribution in [2.75, 3.05) is 31.1 Å². The normalized spacial score (nSPS) is 26.9. The minimum Gasteiger partial charge on any atom is -0.370 e. The third-order valence-corrected chi connectivity index (χ3v) is 4.15. The van der Waals surface area contributed by atoms with Crippen molar-refractivity contribution in [1.29, 1.82) is 5.26 Å². The molecule has 2 atom stereocenters. The summed E-state index contributed by atoms with van der Waals surface area (Å²) in [6.45, 7) is 4.27. The van der Waals surface area contributed by atoms with E-state index >= 15 is 0 Å². The molecule has 1 aromatic carbocycles. The van der Waals surface area contributed by atoms with Crippen molar-refractivity contribution < 1.29 is 0 Å². The third kappa shape index (κ3) is 1.78. The molecule has 0 amide bonds. The van der Waals surface area contributed by atoms with Crippen molar-refractivity contribution in [2.45, 2.75) is 0 Å². The van der Waals surface area contributed by atoms with Gasteiger partial charge in [0.2, 0.25) is 0 Å². The lowest BCUT2D eigenvalue weighted by Gasteiger charge is -2.21. The predicted octanol–water partition coefficient (Wildman–Crippen LogP) is 1.87. The SMILES string of the molecule is N#Cc1c(Cl)cccc1N1C[C@H]2CNC[C@H]2C1. The Labute approximate surface area is 106 Å². The van der Waals surface area contributed by atoms with Crippen molar-refractivity contribution in [3.8, 4) is 6.07 Å². The number of anilines is 1. The van der Waals surface area contributed by atoms with Gasteiger partial charge in [0.15, 0.2) is 0 Å². The molecule has 17 heavy (non-hydrogen) atoms. The molecule has 0 spiro atoms. The van der Waals surface area contributed by atoms with Crippen molar-refractivity contribution in [1.82, 2.24) is 5.32 Å². The van der Waals surface area contributed by atoms with Crippen molar-refractivity contribution in [3.63, 3.8) is 0 Å². The minimum atomic E-state index is 0.556. The maximum atomic E-state index is 9.19. The van der Waals surface area contributed by atoms with E-state index in [-0.39, 0.29) is 0 Å². The standard InChI is InChI=1S/C13H14ClN3/c14-12-2-1-3-13(11(12)4-15)17-7-9-5-16-6-10(9)8-17/h1-3,9-10,16H,5-8H2/t9-,10+. The topological polar surface area (TPSA) is 39.1 Å². The maximum absolute atomic E-state index is 9.19. The first kappa shape index (κ1) is 10.9. The average molecular weight is 248 g/mol. The number of halogens is 1. The summed E-state index contributed by atoms with van der Waals surface area (Å²) in [4.78, 5) is 2.31. The molecule has 0 bridgehead atoms. The molecule has 2 saturated heterocycles. The molecule has 0 radical (unpaired) electrons. The van der Waals surface area contributed by atoms with E-state index in [4.69, 9.17) is 11.6 Å². The fourth-order valence-corrected chi connectivity index (χ4v) is 3.15. The monoisotopic (exact) mass is 247 g/mol. The lowest BCUT2D eigenvalue weighted by Crippen LogP contribution is -2.26. The molecule has 4 heteroatoms. The predicted molar refractivity (Wildman–Crippen MR) is 68.2 cm³/mol. The van der Waals surface area contributed by atoms with Crippen LogP contribution in [-0.2, 0) is 0 Å². The highest BCUT2D eigenvalue weighted by atomic mass is 35.5. The van der Waals surface area contributed by atoms with E-state index in [9.17, 15) is 5.26 Å². The molecule has 3 rings (SSSR count). The zero-order valence-corrected chi connectivity index (χ0v) is 10.2. The van der Waals surface area contributed by atoms with E-state index in [0.717, 1.165) is 43.7 Å². The molecule has 2 heterocycles. The number of rotatable bonds is 1. The van der Waals surface area contributed by atoms with Gasteiger partial charge < -0.3 is 10.2 Å². The second kappa shape index (κ2) is 4.21. The Morgan fingerprint density at radius 1 is 1.29 bits per heavy atom. The summed E-state index contributed by atoms with van der Waals surface area (Å²) in [5.74, 6) is 1.45. The van der Waals surface area contributed by atoms with E-state index in [1.807, 2.05) is 12.1 Å². The van der Waals surface area contributed by atoms with Gasteiger partial charge in [0.25, 0.3) is 0 Å². The van der Waals surface area contributed by atoms with Gasteiger partial charge in [-0.3, -0.25) is 0 Å². The van der Waals surface area contributed by atoms with Gasteiger partial charge in [-0.1, -0.05) is 17.7 Å².